The molecule has 0 bridgehead atoms. The molecule has 9 heteroatoms. The summed E-state index contributed by atoms with van der Waals surface area (Å²) < 4.78 is 11.2. The Hall–Kier alpha value is -1.96. The molecular formula is C16H13BrCl2N2O4. The Kier molecular flexibility index (Phi) is 7.36. The SMILES string of the molecule is O=C(COc1ccc(Cl)cc1)NNC(=O)COc1ccc(Cl)cc1Br. The van der Waals surface area contributed by atoms with Crippen molar-refractivity contribution in [3.63, 3.8) is 0 Å². The molecule has 0 radical (unpaired) electrons. The number of amides is 2. The van der Waals surface area contributed by atoms with Crippen LogP contribution in [-0.2, 0) is 9.59 Å². The molecule has 0 saturated heterocycles. The maximum Gasteiger partial charge on any atom is 0.276 e. The molecule has 2 aromatic carbocycles. The average Bonchev–Trinajstić information content (AvgIpc) is 2.58. The molecule has 0 spiro atoms. The molecule has 0 saturated carbocycles. The van der Waals surface area contributed by atoms with Crippen molar-refractivity contribution >= 4 is 50.9 Å². The minimum atomic E-state index is -0.526. The first-order valence-electron chi connectivity index (χ1n) is 6.98. The van der Waals surface area contributed by atoms with Gasteiger partial charge in [0, 0.05) is 10.0 Å². The van der Waals surface area contributed by atoms with Crippen molar-refractivity contribution in [2.45, 2.75) is 0 Å². The van der Waals surface area contributed by atoms with E-state index in [0.29, 0.717) is 26.0 Å². The van der Waals surface area contributed by atoms with E-state index >= 15 is 0 Å². The molecule has 2 aromatic rings. The van der Waals surface area contributed by atoms with E-state index in [1.165, 1.54) is 0 Å². The van der Waals surface area contributed by atoms with E-state index in [1.807, 2.05) is 0 Å². The standard InChI is InChI=1S/C16H13BrCl2N2O4/c17-13-7-11(19)3-6-14(13)25-9-16(23)21-20-15(22)8-24-12-4-1-10(18)2-5-12/h1-7H,8-9H2,(H,20,22)(H,21,23). The Balaban J connectivity index is 1.68. The Labute approximate surface area is 162 Å². The number of nitrogens with one attached hydrogen (secondary N) is 2. The zero-order valence-electron chi connectivity index (χ0n) is 12.7. The van der Waals surface area contributed by atoms with Crippen LogP contribution in [0.25, 0.3) is 0 Å². The van der Waals surface area contributed by atoms with Crippen molar-refractivity contribution in [1.82, 2.24) is 10.9 Å². The molecule has 0 aliphatic rings. The summed E-state index contributed by atoms with van der Waals surface area (Å²) in [7, 11) is 0. The van der Waals surface area contributed by atoms with E-state index in [2.05, 4.69) is 26.8 Å². The summed E-state index contributed by atoms with van der Waals surface area (Å²) in [5.74, 6) is -0.101. The zero-order chi connectivity index (χ0) is 18.2. The number of hydrogen-bond donors (Lipinski definition) is 2. The maximum atomic E-state index is 11.7. The predicted octanol–water partition coefficient (Wildman–Crippen LogP) is 3.36. The number of carbonyl (C=O) groups is 2. The van der Waals surface area contributed by atoms with E-state index in [9.17, 15) is 9.59 Å². The first kappa shape index (κ1) is 19.4. The van der Waals surface area contributed by atoms with Crippen molar-refractivity contribution in [2.24, 2.45) is 0 Å². The number of hydrazine groups is 1. The lowest BCUT2D eigenvalue weighted by Crippen LogP contribution is -2.45. The summed E-state index contributed by atoms with van der Waals surface area (Å²) in [6, 6.07) is 11.4. The van der Waals surface area contributed by atoms with E-state index < -0.39 is 11.8 Å². The van der Waals surface area contributed by atoms with Gasteiger partial charge in [0.1, 0.15) is 11.5 Å². The van der Waals surface area contributed by atoms with E-state index in [-0.39, 0.29) is 13.2 Å². The van der Waals surface area contributed by atoms with Gasteiger partial charge >= 0.3 is 0 Å². The highest BCUT2D eigenvalue weighted by Crippen LogP contribution is 2.27. The Bertz CT molecular complexity index is 756. The van der Waals surface area contributed by atoms with Gasteiger partial charge in [0.2, 0.25) is 0 Å². The molecule has 0 heterocycles. The topological polar surface area (TPSA) is 76.7 Å². The van der Waals surface area contributed by atoms with Crippen molar-refractivity contribution in [3.05, 3.63) is 57.0 Å². The minimum Gasteiger partial charge on any atom is -0.484 e. The molecule has 132 valence electrons. The van der Waals surface area contributed by atoms with Crippen LogP contribution in [0.1, 0.15) is 0 Å². The molecule has 0 aliphatic carbocycles. The lowest BCUT2D eigenvalue weighted by Gasteiger charge is -2.10. The Morgan fingerprint density at radius 3 is 2.04 bits per heavy atom. The number of hydrogen-bond acceptors (Lipinski definition) is 4. The second kappa shape index (κ2) is 9.50. The highest BCUT2D eigenvalue weighted by Gasteiger charge is 2.08. The molecule has 0 unspecified atom stereocenters. The van der Waals surface area contributed by atoms with Crippen LogP contribution >= 0.6 is 39.1 Å². The molecule has 6 nitrogen and oxygen atoms in total. The summed E-state index contributed by atoms with van der Waals surface area (Å²) in [5.41, 5.74) is 4.44. The third kappa shape index (κ3) is 6.81. The molecule has 0 atom stereocenters. The number of ether oxygens (including phenoxy) is 2. The summed E-state index contributed by atoms with van der Waals surface area (Å²) in [5, 5.41) is 1.10. The summed E-state index contributed by atoms with van der Waals surface area (Å²) in [4.78, 5) is 23.3. The van der Waals surface area contributed by atoms with Crippen LogP contribution in [0.15, 0.2) is 46.9 Å². The van der Waals surface area contributed by atoms with Crippen molar-refractivity contribution < 1.29 is 19.1 Å². The van der Waals surface area contributed by atoms with Gasteiger partial charge in [-0.05, 0) is 58.4 Å². The summed E-state index contributed by atoms with van der Waals surface area (Å²) >= 11 is 14.8. The van der Waals surface area contributed by atoms with Gasteiger partial charge in [-0.1, -0.05) is 23.2 Å². The normalized spacial score (nSPS) is 10.0. The van der Waals surface area contributed by atoms with Crippen LogP contribution in [0.2, 0.25) is 10.0 Å². The molecule has 0 aromatic heterocycles. The fraction of sp³-hybridized carbons (Fsp3) is 0.125. The first-order valence-corrected chi connectivity index (χ1v) is 8.53. The van der Waals surface area contributed by atoms with Gasteiger partial charge in [0.05, 0.1) is 4.47 Å². The van der Waals surface area contributed by atoms with Crippen LogP contribution < -0.4 is 20.3 Å². The predicted molar refractivity (Wildman–Crippen MR) is 97.9 cm³/mol. The fourth-order valence-corrected chi connectivity index (χ4v) is 2.55. The van der Waals surface area contributed by atoms with Crippen molar-refractivity contribution in [3.8, 4) is 11.5 Å². The molecule has 2 rings (SSSR count). The number of halogens is 3. The maximum absolute atomic E-state index is 11.7. The molecule has 25 heavy (non-hydrogen) atoms. The zero-order valence-corrected chi connectivity index (χ0v) is 15.8. The number of carbonyl (C=O) groups excluding carboxylic acids is 2. The largest absolute Gasteiger partial charge is 0.484 e. The third-order valence-electron chi connectivity index (χ3n) is 2.78. The van der Waals surface area contributed by atoms with Gasteiger partial charge in [0.25, 0.3) is 11.8 Å². The van der Waals surface area contributed by atoms with Crippen LogP contribution in [0.5, 0.6) is 11.5 Å². The fourth-order valence-electron chi connectivity index (χ4n) is 1.63. The van der Waals surface area contributed by atoms with Crippen molar-refractivity contribution in [1.29, 1.82) is 0 Å². The molecule has 0 fully saturated rings. The minimum absolute atomic E-state index is 0.258. The average molecular weight is 448 g/mol. The number of benzene rings is 2. The van der Waals surface area contributed by atoms with Gasteiger partial charge in [-0.2, -0.15) is 0 Å². The van der Waals surface area contributed by atoms with E-state index in [1.54, 1.807) is 42.5 Å². The van der Waals surface area contributed by atoms with Crippen LogP contribution in [0, 0.1) is 0 Å². The van der Waals surface area contributed by atoms with Gasteiger partial charge < -0.3 is 9.47 Å². The lowest BCUT2D eigenvalue weighted by molar-refractivity contribution is -0.131. The van der Waals surface area contributed by atoms with Crippen LogP contribution in [0.4, 0.5) is 0 Å². The third-order valence-corrected chi connectivity index (χ3v) is 3.88. The van der Waals surface area contributed by atoms with Gasteiger partial charge in [-0.15, -0.1) is 0 Å². The summed E-state index contributed by atoms with van der Waals surface area (Å²) in [6.07, 6.45) is 0. The second-order valence-corrected chi connectivity index (χ2v) is 6.43. The Morgan fingerprint density at radius 1 is 0.880 bits per heavy atom. The highest BCUT2D eigenvalue weighted by molar-refractivity contribution is 9.10. The van der Waals surface area contributed by atoms with Crippen LogP contribution in [-0.4, -0.2) is 25.0 Å². The van der Waals surface area contributed by atoms with Gasteiger partial charge in [-0.25, -0.2) is 0 Å². The summed E-state index contributed by atoms with van der Waals surface area (Å²) in [6.45, 7) is -0.538. The molecular weight excluding hydrogens is 435 g/mol. The quantitative estimate of drug-likeness (QED) is 0.665. The second-order valence-electron chi connectivity index (χ2n) is 4.70. The van der Waals surface area contributed by atoms with Crippen molar-refractivity contribution in [2.75, 3.05) is 13.2 Å². The molecule has 0 aliphatic heterocycles. The Morgan fingerprint density at radius 2 is 1.44 bits per heavy atom. The van der Waals surface area contributed by atoms with E-state index in [4.69, 9.17) is 32.7 Å². The lowest BCUT2D eigenvalue weighted by atomic mass is 10.3. The molecule has 2 N–H and O–H groups in total. The number of rotatable bonds is 6. The molecule has 2 amide bonds. The van der Waals surface area contributed by atoms with Gasteiger partial charge in [0.15, 0.2) is 13.2 Å². The smallest absolute Gasteiger partial charge is 0.276 e. The first-order chi connectivity index (χ1) is 11.9. The van der Waals surface area contributed by atoms with Crippen LogP contribution in [0.3, 0.4) is 0 Å². The monoisotopic (exact) mass is 446 g/mol. The van der Waals surface area contributed by atoms with E-state index in [0.717, 1.165) is 0 Å². The highest BCUT2D eigenvalue weighted by atomic mass is 79.9. The van der Waals surface area contributed by atoms with Gasteiger partial charge in [-0.3, -0.25) is 20.4 Å².